The van der Waals surface area contributed by atoms with E-state index < -0.39 is 5.60 Å². The molecule has 0 aliphatic carbocycles. The van der Waals surface area contributed by atoms with Crippen LogP contribution in [0.5, 0.6) is 0 Å². The average Bonchev–Trinajstić information content (AvgIpc) is 2.92. The summed E-state index contributed by atoms with van der Waals surface area (Å²) in [7, 11) is 0. The van der Waals surface area contributed by atoms with Crippen LogP contribution in [0.3, 0.4) is 0 Å². The molecule has 2 rings (SSSR count). The molecule has 108 valence electrons. The highest BCUT2D eigenvalue weighted by molar-refractivity contribution is 14.0. The van der Waals surface area contributed by atoms with Gasteiger partial charge in [-0.25, -0.2) is 4.99 Å². The molecule has 4 nitrogen and oxygen atoms in total. The molecule has 1 unspecified atom stereocenters. The van der Waals surface area contributed by atoms with Crippen molar-refractivity contribution in [2.45, 2.75) is 12.5 Å². The maximum absolute atomic E-state index is 10.3. The van der Waals surface area contributed by atoms with Gasteiger partial charge < -0.3 is 16.2 Å². The Morgan fingerprint density at radius 3 is 2.60 bits per heavy atom. The van der Waals surface area contributed by atoms with E-state index in [1.807, 2.05) is 47.8 Å². The topological polar surface area (TPSA) is 70.6 Å². The van der Waals surface area contributed by atoms with E-state index in [4.69, 9.17) is 5.73 Å². The monoisotopic (exact) mass is 403 g/mol. The molecule has 0 saturated heterocycles. The normalized spacial score (nSPS) is 14.2. The third-order valence-electron chi connectivity index (χ3n) is 2.66. The Morgan fingerprint density at radius 1 is 1.30 bits per heavy atom. The molecule has 4 N–H and O–H groups in total. The van der Waals surface area contributed by atoms with Crippen molar-refractivity contribution in [3.05, 3.63) is 52.7 Å². The zero-order chi connectivity index (χ0) is 13.7. The lowest BCUT2D eigenvalue weighted by atomic mass is 10.1. The fourth-order valence-corrected chi connectivity index (χ4v) is 2.39. The van der Waals surface area contributed by atoms with E-state index in [0.29, 0.717) is 5.96 Å². The van der Waals surface area contributed by atoms with Crippen LogP contribution < -0.4 is 11.1 Å². The fraction of sp³-hybridized carbons (Fsp3) is 0.214. The number of nitrogens with one attached hydrogen (secondary N) is 1. The van der Waals surface area contributed by atoms with E-state index >= 15 is 0 Å². The van der Waals surface area contributed by atoms with Crippen molar-refractivity contribution in [1.82, 2.24) is 0 Å². The van der Waals surface area contributed by atoms with Crippen LogP contribution in [0.2, 0.25) is 0 Å². The van der Waals surface area contributed by atoms with Crippen LogP contribution in [0.4, 0.5) is 5.69 Å². The van der Waals surface area contributed by atoms with E-state index in [9.17, 15) is 5.11 Å². The molecule has 20 heavy (non-hydrogen) atoms. The summed E-state index contributed by atoms with van der Waals surface area (Å²) >= 11 is 1.51. The Labute approximate surface area is 139 Å². The number of halogens is 1. The molecule has 0 aliphatic heterocycles. The molecular weight excluding hydrogens is 385 g/mol. The summed E-state index contributed by atoms with van der Waals surface area (Å²) in [6, 6.07) is 13.4. The number of nitrogens with zero attached hydrogens (tertiary/aromatic N) is 1. The number of hydrogen-bond acceptors (Lipinski definition) is 3. The number of guanidine groups is 1. The first kappa shape index (κ1) is 16.9. The number of hydrogen-bond donors (Lipinski definition) is 3. The molecule has 0 bridgehead atoms. The number of para-hydroxylation sites is 1. The van der Waals surface area contributed by atoms with Crippen molar-refractivity contribution in [1.29, 1.82) is 0 Å². The Morgan fingerprint density at radius 2 is 2.00 bits per heavy atom. The smallest absolute Gasteiger partial charge is 0.193 e. The Bertz CT molecular complexity index is 541. The Kier molecular flexibility index (Phi) is 6.44. The number of thiophene rings is 1. The maximum atomic E-state index is 10.3. The van der Waals surface area contributed by atoms with Crippen molar-refractivity contribution >= 4 is 47.0 Å². The molecule has 0 amide bonds. The highest BCUT2D eigenvalue weighted by Gasteiger charge is 2.23. The van der Waals surface area contributed by atoms with E-state index in [2.05, 4.69) is 10.3 Å². The van der Waals surface area contributed by atoms with E-state index in [-0.39, 0.29) is 30.5 Å². The minimum Gasteiger partial charge on any atom is -0.383 e. The van der Waals surface area contributed by atoms with Gasteiger partial charge in [0.05, 0.1) is 6.54 Å². The first-order chi connectivity index (χ1) is 9.08. The van der Waals surface area contributed by atoms with Crippen LogP contribution in [0, 0.1) is 0 Å². The zero-order valence-electron chi connectivity index (χ0n) is 11.1. The van der Waals surface area contributed by atoms with Crippen molar-refractivity contribution in [2.75, 3.05) is 11.9 Å². The van der Waals surface area contributed by atoms with Crippen molar-refractivity contribution in [3.8, 4) is 0 Å². The summed E-state index contributed by atoms with van der Waals surface area (Å²) < 4.78 is 0. The lowest BCUT2D eigenvalue weighted by Crippen LogP contribution is -2.29. The fourth-order valence-electron chi connectivity index (χ4n) is 1.61. The van der Waals surface area contributed by atoms with Gasteiger partial charge in [-0.3, -0.25) is 0 Å². The summed E-state index contributed by atoms with van der Waals surface area (Å²) in [5.74, 6) is 0.294. The van der Waals surface area contributed by atoms with Gasteiger partial charge in [-0.1, -0.05) is 24.3 Å². The molecule has 1 aromatic heterocycles. The van der Waals surface area contributed by atoms with Gasteiger partial charge in [-0.2, -0.15) is 0 Å². The Hall–Kier alpha value is -1.12. The zero-order valence-corrected chi connectivity index (χ0v) is 14.3. The largest absolute Gasteiger partial charge is 0.383 e. The van der Waals surface area contributed by atoms with E-state index in [0.717, 1.165) is 10.6 Å². The van der Waals surface area contributed by atoms with Gasteiger partial charge in [0.1, 0.15) is 5.60 Å². The SMILES string of the molecule is CC(O)(CN=C(N)Nc1ccccc1)c1cccs1.I. The molecule has 0 saturated carbocycles. The minimum atomic E-state index is -0.989. The van der Waals surface area contributed by atoms with Crippen LogP contribution in [0.1, 0.15) is 11.8 Å². The van der Waals surface area contributed by atoms with Crippen LogP contribution in [-0.4, -0.2) is 17.6 Å². The third kappa shape index (κ3) is 4.77. The van der Waals surface area contributed by atoms with E-state index in [1.54, 1.807) is 6.92 Å². The second-order valence-corrected chi connectivity index (χ2v) is 5.39. The van der Waals surface area contributed by atoms with Gasteiger partial charge in [0, 0.05) is 10.6 Å². The average molecular weight is 403 g/mol. The quantitative estimate of drug-likeness (QED) is 0.418. The van der Waals surface area contributed by atoms with Crippen LogP contribution >= 0.6 is 35.3 Å². The highest BCUT2D eigenvalue weighted by Crippen LogP contribution is 2.25. The standard InChI is InChI=1S/C14H17N3OS.HI/c1-14(18,12-8-5-9-19-12)10-16-13(15)17-11-6-3-2-4-7-11;/h2-9,18H,10H2,1H3,(H3,15,16,17);1H. The maximum Gasteiger partial charge on any atom is 0.193 e. The molecule has 1 aromatic carbocycles. The summed E-state index contributed by atoms with van der Waals surface area (Å²) in [4.78, 5) is 5.07. The molecular formula is C14H18IN3OS. The molecule has 6 heteroatoms. The molecule has 0 aliphatic rings. The number of aliphatic imine (C=N–C) groups is 1. The molecule has 0 fully saturated rings. The number of anilines is 1. The molecule has 1 heterocycles. The lowest BCUT2D eigenvalue weighted by Gasteiger charge is -2.19. The summed E-state index contributed by atoms with van der Waals surface area (Å²) in [6.45, 7) is 1.96. The molecule has 0 radical (unpaired) electrons. The van der Waals surface area contributed by atoms with Crippen molar-refractivity contribution < 1.29 is 5.11 Å². The predicted molar refractivity (Wildman–Crippen MR) is 95.9 cm³/mol. The van der Waals surface area contributed by atoms with E-state index in [1.165, 1.54) is 11.3 Å². The molecule has 2 aromatic rings. The van der Waals surface area contributed by atoms with Crippen molar-refractivity contribution in [2.24, 2.45) is 10.7 Å². The van der Waals surface area contributed by atoms with Gasteiger partial charge in [0.25, 0.3) is 0 Å². The summed E-state index contributed by atoms with van der Waals surface area (Å²) in [6.07, 6.45) is 0. The predicted octanol–water partition coefficient (Wildman–Crippen LogP) is 3.00. The highest BCUT2D eigenvalue weighted by atomic mass is 127. The Balaban J connectivity index is 0.00000200. The number of rotatable bonds is 4. The van der Waals surface area contributed by atoms with Gasteiger partial charge in [0.15, 0.2) is 5.96 Å². The molecule has 0 spiro atoms. The molecule has 1 atom stereocenters. The van der Waals surface area contributed by atoms with Gasteiger partial charge in [-0.15, -0.1) is 35.3 Å². The van der Waals surface area contributed by atoms with Gasteiger partial charge in [-0.05, 0) is 30.5 Å². The minimum absolute atomic E-state index is 0. The second kappa shape index (κ2) is 7.61. The number of nitrogens with two attached hydrogens (primary N) is 1. The first-order valence-electron chi connectivity index (χ1n) is 5.96. The number of benzene rings is 1. The third-order valence-corrected chi connectivity index (χ3v) is 3.78. The van der Waals surface area contributed by atoms with Crippen LogP contribution in [0.25, 0.3) is 0 Å². The van der Waals surface area contributed by atoms with Crippen LogP contribution in [-0.2, 0) is 5.60 Å². The van der Waals surface area contributed by atoms with Crippen LogP contribution in [0.15, 0.2) is 52.8 Å². The van der Waals surface area contributed by atoms with Gasteiger partial charge >= 0.3 is 0 Å². The van der Waals surface area contributed by atoms with Crippen molar-refractivity contribution in [3.63, 3.8) is 0 Å². The lowest BCUT2D eigenvalue weighted by molar-refractivity contribution is 0.0713. The number of aliphatic hydroxyl groups is 1. The summed E-state index contributed by atoms with van der Waals surface area (Å²) in [5, 5.41) is 15.2. The summed E-state index contributed by atoms with van der Waals surface area (Å²) in [5.41, 5.74) is 5.68. The second-order valence-electron chi connectivity index (χ2n) is 4.44. The van der Waals surface area contributed by atoms with Gasteiger partial charge in [0.2, 0.25) is 0 Å². The first-order valence-corrected chi connectivity index (χ1v) is 6.84.